The zero-order chi connectivity index (χ0) is 18.9. The van der Waals surface area contributed by atoms with Gasteiger partial charge in [0.1, 0.15) is 0 Å². The Hall–Kier alpha value is -3.35. The Kier molecular flexibility index (Phi) is 6.73. The fourth-order valence-electron chi connectivity index (χ4n) is 2.25. The number of hydrogen-bond acceptors (Lipinski definition) is 4. The van der Waals surface area contributed by atoms with E-state index in [0.29, 0.717) is 23.5 Å². The van der Waals surface area contributed by atoms with Crippen molar-refractivity contribution in [1.82, 2.24) is 10.6 Å². The van der Waals surface area contributed by atoms with E-state index in [0.717, 1.165) is 5.56 Å². The van der Waals surface area contributed by atoms with E-state index >= 15 is 0 Å². The van der Waals surface area contributed by atoms with Gasteiger partial charge in [-0.05, 0) is 43.7 Å². The second-order valence-electron chi connectivity index (χ2n) is 5.61. The molecule has 26 heavy (non-hydrogen) atoms. The average molecular weight is 354 g/mol. The van der Waals surface area contributed by atoms with Crippen LogP contribution in [-0.4, -0.2) is 30.9 Å². The molecule has 0 aliphatic carbocycles. The van der Waals surface area contributed by atoms with Crippen molar-refractivity contribution in [2.45, 2.75) is 13.8 Å². The lowest BCUT2D eigenvalue weighted by Crippen LogP contribution is -2.38. The minimum absolute atomic E-state index is 0.0953. The SMILES string of the molecule is CCNC(=O)c1ccc(C)c(NCC(=O)NC(=O)Nc2ccccc2)c1. The number of carbonyl (C=O) groups excluding carboxylic acids is 3. The number of anilines is 2. The summed E-state index contributed by atoms with van der Waals surface area (Å²) in [5.74, 6) is -0.663. The van der Waals surface area contributed by atoms with Gasteiger partial charge in [-0.2, -0.15) is 0 Å². The first-order chi connectivity index (χ1) is 12.5. The Bertz CT molecular complexity index is 791. The van der Waals surface area contributed by atoms with E-state index in [4.69, 9.17) is 0 Å². The van der Waals surface area contributed by atoms with Gasteiger partial charge >= 0.3 is 6.03 Å². The number of urea groups is 1. The molecule has 0 bridgehead atoms. The van der Waals surface area contributed by atoms with Gasteiger partial charge in [0.15, 0.2) is 0 Å². The molecule has 0 aromatic heterocycles. The molecule has 136 valence electrons. The fraction of sp³-hybridized carbons (Fsp3) is 0.211. The molecular formula is C19H22N4O3. The summed E-state index contributed by atoms with van der Waals surface area (Å²) in [7, 11) is 0. The van der Waals surface area contributed by atoms with E-state index in [2.05, 4.69) is 21.3 Å². The highest BCUT2D eigenvalue weighted by molar-refractivity contribution is 6.02. The molecule has 0 spiro atoms. The first kappa shape index (κ1) is 19.0. The molecule has 0 atom stereocenters. The highest BCUT2D eigenvalue weighted by Gasteiger charge is 2.10. The Balaban J connectivity index is 1.89. The zero-order valence-electron chi connectivity index (χ0n) is 14.8. The van der Waals surface area contributed by atoms with Crippen LogP contribution in [-0.2, 0) is 4.79 Å². The summed E-state index contributed by atoms with van der Waals surface area (Å²) >= 11 is 0. The van der Waals surface area contributed by atoms with Gasteiger partial charge in [0.25, 0.3) is 5.91 Å². The lowest BCUT2D eigenvalue weighted by Gasteiger charge is -2.12. The van der Waals surface area contributed by atoms with Crippen LogP contribution < -0.4 is 21.3 Å². The summed E-state index contributed by atoms with van der Waals surface area (Å²) < 4.78 is 0. The lowest BCUT2D eigenvalue weighted by atomic mass is 10.1. The monoisotopic (exact) mass is 354 g/mol. The smallest absolute Gasteiger partial charge is 0.325 e. The third-order valence-corrected chi connectivity index (χ3v) is 3.56. The Morgan fingerprint density at radius 2 is 1.73 bits per heavy atom. The van der Waals surface area contributed by atoms with Gasteiger partial charge in [0.05, 0.1) is 6.54 Å². The van der Waals surface area contributed by atoms with Gasteiger partial charge < -0.3 is 16.0 Å². The van der Waals surface area contributed by atoms with Crippen molar-refractivity contribution in [1.29, 1.82) is 0 Å². The van der Waals surface area contributed by atoms with E-state index in [1.165, 1.54) is 0 Å². The zero-order valence-corrected chi connectivity index (χ0v) is 14.8. The molecule has 0 radical (unpaired) electrons. The number of amides is 4. The van der Waals surface area contributed by atoms with E-state index in [9.17, 15) is 14.4 Å². The summed E-state index contributed by atoms with van der Waals surface area (Å²) in [5.41, 5.74) is 2.64. The Morgan fingerprint density at radius 1 is 1.00 bits per heavy atom. The van der Waals surface area contributed by atoms with Crippen molar-refractivity contribution in [3.05, 3.63) is 59.7 Å². The molecule has 2 aromatic rings. The van der Waals surface area contributed by atoms with Gasteiger partial charge in [-0.25, -0.2) is 4.79 Å². The van der Waals surface area contributed by atoms with Gasteiger partial charge in [0, 0.05) is 23.5 Å². The van der Waals surface area contributed by atoms with E-state index in [1.54, 1.807) is 42.5 Å². The minimum atomic E-state index is -0.601. The van der Waals surface area contributed by atoms with Crippen LogP contribution in [0.25, 0.3) is 0 Å². The van der Waals surface area contributed by atoms with Crippen LogP contribution in [0.2, 0.25) is 0 Å². The van der Waals surface area contributed by atoms with Crippen molar-refractivity contribution in [2.75, 3.05) is 23.7 Å². The molecule has 0 aliphatic rings. The third kappa shape index (κ3) is 5.62. The van der Waals surface area contributed by atoms with E-state index < -0.39 is 11.9 Å². The fourth-order valence-corrected chi connectivity index (χ4v) is 2.25. The number of carbonyl (C=O) groups is 3. The molecule has 4 amide bonds. The van der Waals surface area contributed by atoms with Gasteiger partial charge in [-0.15, -0.1) is 0 Å². The summed E-state index contributed by atoms with van der Waals surface area (Å²) in [6.07, 6.45) is 0. The van der Waals surface area contributed by atoms with Crippen LogP contribution >= 0.6 is 0 Å². The number of imide groups is 1. The standard InChI is InChI=1S/C19H22N4O3/c1-3-20-18(25)14-10-9-13(2)16(11-14)21-12-17(24)23-19(26)22-15-7-5-4-6-8-15/h4-11,21H,3,12H2,1-2H3,(H,20,25)(H2,22,23,24,26). The third-order valence-electron chi connectivity index (χ3n) is 3.56. The summed E-state index contributed by atoms with van der Waals surface area (Å²) in [5, 5.41) is 10.5. The van der Waals surface area contributed by atoms with E-state index in [1.807, 2.05) is 19.9 Å². The lowest BCUT2D eigenvalue weighted by molar-refractivity contribution is -0.118. The highest BCUT2D eigenvalue weighted by Crippen LogP contribution is 2.16. The van der Waals surface area contributed by atoms with Crippen LogP contribution in [0.1, 0.15) is 22.8 Å². The number of rotatable bonds is 6. The predicted octanol–water partition coefficient (Wildman–Crippen LogP) is 2.50. The molecule has 4 N–H and O–H groups in total. The number of hydrogen-bond donors (Lipinski definition) is 4. The second-order valence-corrected chi connectivity index (χ2v) is 5.61. The maximum Gasteiger partial charge on any atom is 0.325 e. The van der Waals surface area contributed by atoms with Crippen LogP contribution in [0.15, 0.2) is 48.5 Å². The number of para-hydroxylation sites is 1. The van der Waals surface area contributed by atoms with E-state index in [-0.39, 0.29) is 12.5 Å². The molecule has 0 heterocycles. The first-order valence-electron chi connectivity index (χ1n) is 8.28. The molecule has 0 fully saturated rings. The predicted molar refractivity (Wildman–Crippen MR) is 101 cm³/mol. The average Bonchev–Trinajstić information content (AvgIpc) is 2.62. The first-order valence-corrected chi connectivity index (χ1v) is 8.28. The van der Waals surface area contributed by atoms with Crippen LogP contribution in [0.4, 0.5) is 16.2 Å². The molecule has 2 rings (SSSR count). The van der Waals surface area contributed by atoms with Gasteiger partial charge in [-0.3, -0.25) is 14.9 Å². The molecule has 7 heteroatoms. The topological polar surface area (TPSA) is 99.3 Å². The highest BCUT2D eigenvalue weighted by atomic mass is 16.2. The summed E-state index contributed by atoms with van der Waals surface area (Å²) in [4.78, 5) is 35.6. The molecule has 0 aliphatic heterocycles. The number of aryl methyl sites for hydroxylation is 1. The quantitative estimate of drug-likeness (QED) is 0.640. The van der Waals surface area contributed by atoms with Gasteiger partial charge in [-0.1, -0.05) is 24.3 Å². The van der Waals surface area contributed by atoms with Crippen LogP contribution in [0.5, 0.6) is 0 Å². The van der Waals surface area contributed by atoms with Crippen LogP contribution in [0, 0.1) is 6.92 Å². The largest absolute Gasteiger partial charge is 0.376 e. The minimum Gasteiger partial charge on any atom is -0.376 e. The normalized spacial score (nSPS) is 9.92. The van der Waals surface area contributed by atoms with Crippen molar-refractivity contribution in [3.63, 3.8) is 0 Å². The van der Waals surface area contributed by atoms with Crippen molar-refractivity contribution >= 4 is 29.2 Å². The summed E-state index contributed by atoms with van der Waals surface area (Å²) in [6.45, 7) is 4.15. The van der Waals surface area contributed by atoms with Crippen molar-refractivity contribution < 1.29 is 14.4 Å². The number of nitrogens with one attached hydrogen (secondary N) is 4. The Morgan fingerprint density at radius 3 is 2.42 bits per heavy atom. The molecule has 2 aromatic carbocycles. The molecule has 0 saturated carbocycles. The molecule has 0 unspecified atom stereocenters. The van der Waals surface area contributed by atoms with Crippen LogP contribution in [0.3, 0.4) is 0 Å². The Labute approximate surface area is 152 Å². The molecule has 0 saturated heterocycles. The maximum atomic E-state index is 11.9. The van der Waals surface area contributed by atoms with Crippen molar-refractivity contribution in [3.8, 4) is 0 Å². The summed E-state index contributed by atoms with van der Waals surface area (Å²) in [6, 6.07) is 13.4. The molecular weight excluding hydrogens is 332 g/mol. The van der Waals surface area contributed by atoms with Gasteiger partial charge in [0.2, 0.25) is 5.91 Å². The second kappa shape index (κ2) is 9.22. The molecule has 7 nitrogen and oxygen atoms in total. The number of benzene rings is 2. The maximum absolute atomic E-state index is 11.9. The van der Waals surface area contributed by atoms with Crippen molar-refractivity contribution in [2.24, 2.45) is 0 Å².